The molecular weight excluding hydrogens is 202 g/mol. The molecule has 0 saturated heterocycles. The lowest BCUT2D eigenvalue weighted by molar-refractivity contribution is 0.424. The van der Waals surface area contributed by atoms with Gasteiger partial charge in [-0.1, -0.05) is 11.6 Å². The van der Waals surface area contributed by atoms with Crippen LogP contribution in [0.5, 0.6) is 5.75 Å². The van der Waals surface area contributed by atoms with Crippen molar-refractivity contribution in [2.24, 2.45) is 0 Å². The molecule has 3 nitrogen and oxygen atoms in total. The fourth-order valence-electron chi connectivity index (χ4n) is 1.96. The van der Waals surface area contributed by atoms with E-state index in [2.05, 4.69) is 18.0 Å². The van der Waals surface area contributed by atoms with E-state index in [9.17, 15) is 0 Å². The predicted octanol–water partition coefficient (Wildman–Crippen LogP) is 3.30. The summed E-state index contributed by atoms with van der Waals surface area (Å²) >= 11 is 0. The van der Waals surface area contributed by atoms with Crippen LogP contribution in [0.4, 0.5) is 0 Å². The van der Waals surface area contributed by atoms with Crippen molar-refractivity contribution >= 4 is 22.0 Å². The summed E-state index contributed by atoms with van der Waals surface area (Å²) in [5.74, 6) is 0.831. The number of aryl methyl sites for hydroxylation is 1. The van der Waals surface area contributed by atoms with E-state index in [0.717, 1.165) is 22.0 Å². The van der Waals surface area contributed by atoms with Crippen molar-refractivity contribution in [1.29, 1.82) is 0 Å². The zero-order valence-electron chi connectivity index (χ0n) is 9.15. The first kappa shape index (κ1) is 9.21. The summed E-state index contributed by atoms with van der Waals surface area (Å²) in [4.78, 5) is 4.44. The molecule has 0 fully saturated rings. The third-order valence-corrected chi connectivity index (χ3v) is 2.71. The third kappa shape index (κ3) is 1.18. The number of benzene rings is 1. The van der Waals surface area contributed by atoms with Crippen LogP contribution in [0.15, 0.2) is 34.9 Å². The van der Waals surface area contributed by atoms with Gasteiger partial charge in [-0.2, -0.15) is 0 Å². The second kappa shape index (κ2) is 3.23. The topological polar surface area (TPSA) is 35.3 Å². The van der Waals surface area contributed by atoms with Crippen molar-refractivity contribution in [1.82, 2.24) is 4.98 Å². The van der Waals surface area contributed by atoms with E-state index >= 15 is 0 Å². The maximum atomic E-state index is 5.45. The third-order valence-electron chi connectivity index (χ3n) is 2.71. The van der Waals surface area contributed by atoms with Gasteiger partial charge in [0.25, 0.3) is 0 Å². The Morgan fingerprint density at radius 3 is 2.88 bits per heavy atom. The molecule has 1 aromatic carbocycles. The summed E-state index contributed by atoms with van der Waals surface area (Å²) in [5, 5.41) is 1.94. The van der Waals surface area contributed by atoms with Gasteiger partial charge in [0, 0.05) is 5.39 Å². The summed E-state index contributed by atoms with van der Waals surface area (Å²) in [7, 11) is 1.67. The molecule has 0 atom stereocenters. The first-order valence-electron chi connectivity index (χ1n) is 5.11. The van der Waals surface area contributed by atoms with Gasteiger partial charge in [0.2, 0.25) is 5.71 Å². The largest absolute Gasteiger partial charge is 0.495 e. The smallest absolute Gasteiger partial charge is 0.230 e. The molecule has 0 saturated carbocycles. The molecule has 0 amide bonds. The number of ether oxygens (including phenoxy) is 1. The quantitative estimate of drug-likeness (QED) is 0.622. The molecule has 0 aliphatic carbocycles. The average molecular weight is 213 g/mol. The highest BCUT2D eigenvalue weighted by atomic mass is 16.5. The zero-order chi connectivity index (χ0) is 11.1. The molecule has 0 aliphatic rings. The number of hydrogen-bond donors (Lipinski definition) is 0. The van der Waals surface area contributed by atoms with Crippen LogP contribution >= 0.6 is 0 Å². The minimum atomic E-state index is 0.619. The maximum absolute atomic E-state index is 5.45. The second-order valence-corrected chi connectivity index (χ2v) is 3.81. The highest BCUT2D eigenvalue weighted by molar-refractivity contribution is 5.99. The molecule has 3 rings (SSSR count). The van der Waals surface area contributed by atoms with Crippen molar-refractivity contribution in [3.63, 3.8) is 0 Å². The van der Waals surface area contributed by atoms with Crippen LogP contribution in [-0.2, 0) is 0 Å². The molecule has 2 aromatic heterocycles. The lowest BCUT2D eigenvalue weighted by Crippen LogP contribution is -1.89. The van der Waals surface area contributed by atoms with Crippen molar-refractivity contribution in [2.45, 2.75) is 6.92 Å². The van der Waals surface area contributed by atoms with E-state index in [1.54, 1.807) is 13.4 Å². The minimum Gasteiger partial charge on any atom is -0.495 e. The fourth-order valence-corrected chi connectivity index (χ4v) is 1.96. The van der Waals surface area contributed by atoms with Gasteiger partial charge in [-0.3, -0.25) is 0 Å². The first-order chi connectivity index (χ1) is 7.79. The first-order valence-corrected chi connectivity index (χ1v) is 5.11. The average Bonchev–Trinajstić information content (AvgIpc) is 2.73. The van der Waals surface area contributed by atoms with Crippen LogP contribution in [0, 0.1) is 6.92 Å². The number of aromatic nitrogens is 1. The van der Waals surface area contributed by atoms with E-state index in [1.165, 1.54) is 5.56 Å². The summed E-state index contributed by atoms with van der Waals surface area (Å²) in [6.07, 6.45) is 1.63. The Hall–Kier alpha value is -2.03. The number of methoxy groups -OCH3 is 1. The molecule has 80 valence electrons. The van der Waals surface area contributed by atoms with Gasteiger partial charge in [0.1, 0.15) is 5.75 Å². The summed E-state index contributed by atoms with van der Waals surface area (Å²) in [5.41, 5.74) is 2.70. The number of nitrogens with zero attached hydrogens (tertiary/aromatic N) is 1. The Labute approximate surface area is 92.7 Å². The van der Waals surface area contributed by atoms with E-state index in [0.29, 0.717) is 5.71 Å². The number of rotatable bonds is 1. The standard InChI is InChI=1S/C13H11NO2/c1-8-3-4-11-10(7-8)12(15-2)9-5-6-16-13(9)14-11/h3-7H,1-2H3. The molecule has 0 N–H and O–H groups in total. The lowest BCUT2D eigenvalue weighted by atomic mass is 10.1. The lowest BCUT2D eigenvalue weighted by Gasteiger charge is -2.06. The summed E-state index contributed by atoms with van der Waals surface area (Å²) in [6, 6.07) is 7.97. The van der Waals surface area contributed by atoms with Crippen LogP contribution in [0.25, 0.3) is 22.0 Å². The molecule has 0 unspecified atom stereocenters. The molecule has 2 heterocycles. The Morgan fingerprint density at radius 2 is 2.06 bits per heavy atom. The monoisotopic (exact) mass is 213 g/mol. The van der Waals surface area contributed by atoms with Crippen molar-refractivity contribution < 1.29 is 9.15 Å². The summed E-state index contributed by atoms with van der Waals surface area (Å²) < 4.78 is 10.8. The molecule has 3 heteroatoms. The highest BCUT2D eigenvalue weighted by Crippen LogP contribution is 2.33. The van der Waals surface area contributed by atoms with Crippen molar-refractivity contribution in [3.05, 3.63) is 36.1 Å². The molecule has 16 heavy (non-hydrogen) atoms. The molecule has 0 spiro atoms. The van der Waals surface area contributed by atoms with Crippen LogP contribution < -0.4 is 4.74 Å². The summed E-state index contributed by atoms with van der Waals surface area (Å²) in [6.45, 7) is 2.05. The molecule has 0 radical (unpaired) electrons. The zero-order valence-corrected chi connectivity index (χ0v) is 9.15. The van der Waals surface area contributed by atoms with Gasteiger partial charge in [0.15, 0.2) is 0 Å². The molecule has 0 aliphatic heterocycles. The highest BCUT2D eigenvalue weighted by Gasteiger charge is 2.11. The van der Waals surface area contributed by atoms with Gasteiger partial charge in [0.05, 0.1) is 24.3 Å². The van der Waals surface area contributed by atoms with Crippen LogP contribution in [0.3, 0.4) is 0 Å². The Morgan fingerprint density at radius 1 is 1.19 bits per heavy atom. The van der Waals surface area contributed by atoms with Crippen LogP contribution in [0.1, 0.15) is 5.56 Å². The number of furan rings is 1. The minimum absolute atomic E-state index is 0.619. The van der Waals surface area contributed by atoms with Crippen LogP contribution in [0.2, 0.25) is 0 Å². The predicted molar refractivity (Wildman–Crippen MR) is 62.8 cm³/mol. The van der Waals surface area contributed by atoms with E-state index in [-0.39, 0.29) is 0 Å². The van der Waals surface area contributed by atoms with Crippen LogP contribution in [-0.4, -0.2) is 12.1 Å². The van der Waals surface area contributed by atoms with Gasteiger partial charge < -0.3 is 9.15 Å². The molecule has 0 bridgehead atoms. The Kier molecular flexibility index (Phi) is 1.86. The van der Waals surface area contributed by atoms with E-state index < -0.39 is 0 Å². The van der Waals surface area contributed by atoms with Crippen molar-refractivity contribution in [3.8, 4) is 5.75 Å². The molecular formula is C13H11NO2. The van der Waals surface area contributed by atoms with Gasteiger partial charge in [-0.25, -0.2) is 4.98 Å². The Balaban J connectivity index is 2.55. The number of fused-ring (bicyclic) bond motifs is 2. The number of pyridine rings is 1. The van der Waals surface area contributed by atoms with Gasteiger partial charge >= 0.3 is 0 Å². The number of hydrogen-bond acceptors (Lipinski definition) is 3. The van der Waals surface area contributed by atoms with Gasteiger partial charge in [-0.15, -0.1) is 0 Å². The normalized spacial score (nSPS) is 11.1. The maximum Gasteiger partial charge on any atom is 0.230 e. The van der Waals surface area contributed by atoms with E-state index in [4.69, 9.17) is 9.15 Å². The second-order valence-electron chi connectivity index (χ2n) is 3.81. The van der Waals surface area contributed by atoms with Crippen molar-refractivity contribution in [2.75, 3.05) is 7.11 Å². The van der Waals surface area contributed by atoms with E-state index in [1.807, 2.05) is 18.2 Å². The Bertz CT molecular complexity index is 670. The van der Waals surface area contributed by atoms with Gasteiger partial charge in [-0.05, 0) is 25.1 Å². The SMILES string of the molecule is COc1c2cc(C)ccc2nc2occc12. The molecule has 3 aromatic rings. The fraction of sp³-hybridized carbons (Fsp3) is 0.154.